The molecule has 1 saturated heterocycles. The van der Waals surface area contributed by atoms with E-state index in [-0.39, 0.29) is 5.38 Å². The van der Waals surface area contributed by atoms with Crippen LogP contribution in [0.25, 0.3) is 0 Å². The Hall–Kier alpha value is -0.600. The molecule has 0 saturated carbocycles. The number of anilines is 1. The van der Waals surface area contributed by atoms with Crippen LogP contribution in [0, 0.1) is 0 Å². The van der Waals surface area contributed by atoms with Gasteiger partial charge in [-0.2, -0.15) is 0 Å². The van der Waals surface area contributed by atoms with E-state index in [0.717, 1.165) is 35.1 Å². The lowest BCUT2D eigenvalue weighted by molar-refractivity contribution is 0.337. The number of halogens is 2. The van der Waals surface area contributed by atoms with Crippen molar-refractivity contribution in [3.8, 4) is 5.75 Å². The molecule has 1 aromatic rings. The molecule has 0 amide bonds. The quantitative estimate of drug-likeness (QED) is 0.748. The molecule has 2 rings (SSSR count). The van der Waals surface area contributed by atoms with E-state index in [0.29, 0.717) is 6.61 Å². The van der Waals surface area contributed by atoms with Gasteiger partial charge < -0.3 is 9.64 Å². The first-order chi connectivity index (χ1) is 8.63. The number of hydrogen-bond acceptors (Lipinski definition) is 2. The lowest BCUT2D eigenvalue weighted by Crippen LogP contribution is -2.19. The van der Waals surface area contributed by atoms with E-state index in [2.05, 4.69) is 4.90 Å². The van der Waals surface area contributed by atoms with Crippen molar-refractivity contribution in [2.24, 2.45) is 0 Å². The number of alkyl halides is 1. The van der Waals surface area contributed by atoms with Gasteiger partial charge in [0.15, 0.2) is 0 Å². The van der Waals surface area contributed by atoms with Crippen molar-refractivity contribution in [2.75, 3.05) is 24.6 Å². The van der Waals surface area contributed by atoms with Crippen LogP contribution in [0.4, 0.5) is 5.69 Å². The highest BCUT2D eigenvalue weighted by Crippen LogP contribution is 2.41. The largest absolute Gasteiger partial charge is 0.491 e. The third-order valence-electron chi connectivity index (χ3n) is 3.23. The van der Waals surface area contributed by atoms with Crippen LogP contribution in [0.15, 0.2) is 12.1 Å². The monoisotopic (exact) mass is 287 g/mol. The summed E-state index contributed by atoms with van der Waals surface area (Å²) in [7, 11) is 0. The Balaban J connectivity index is 2.47. The molecule has 1 fully saturated rings. The van der Waals surface area contributed by atoms with Crippen LogP contribution >= 0.6 is 23.2 Å². The van der Waals surface area contributed by atoms with Crippen molar-refractivity contribution < 1.29 is 4.74 Å². The first-order valence-electron chi connectivity index (χ1n) is 6.48. The average Bonchev–Trinajstić information content (AvgIpc) is 2.84. The van der Waals surface area contributed by atoms with Gasteiger partial charge in [-0.15, -0.1) is 11.6 Å². The van der Waals surface area contributed by atoms with Crippen LogP contribution in [0.3, 0.4) is 0 Å². The Kier molecular flexibility index (Phi) is 4.63. The molecule has 0 aliphatic carbocycles. The molecule has 0 aromatic heterocycles. The number of rotatable bonds is 4. The second kappa shape index (κ2) is 6.03. The zero-order valence-corrected chi connectivity index (χ0v) is 12.4. The molecule has 0 N–H and O–H groups in total. The Morgan fingerprint density at radius 1 is 1.33 bits per heavy atom. The second-order valence-electron chi connectivity index (χ2n) is 4.59. The van der Waals surface area contributed by atoms with Gasteiger partial charge in [0.1, 0.15) is 5.75 Å². The Bertz CT molecular complexity index is 415. The van der Waals surface area contributed by atoms with E-state index < -0.39 is 0 Å². The fraction of sp³-hybridized carbons (Fsp3) is 0.571. The van der Waals surface area contributed by atoms with Gasteiger partial charge in [0.2, 0.25) is 0 Å². The maximum absolute atomic E-state index is 6.24. The molecule has 0 bridgehead atoms. The molecule has 1 heterocycles. The van der Waals surface area contributed by atoms with Crippen LogP contribution in [-0.2, 0) is 0 Å². The van der Waals surface area contributed by atoms with Gasteiger partial charge in [-0.1, -0.05) is 11.6 Å². The lowest BCUT2D eigenvalue weighted by Gasteiger charge is -2.24. The zero-order chi connectivity index (χ0) is 13.1. The standard InChI is InChI=1S/C14H19Cl2NO/c1-3-18-14-12(10(2)15)8-11(16)9-13(14)17-6-4-5-7-17/h8-10H,3-7H2,1-2H3. The SMILES string of the molecule is CCOc1c(C(C)Cl)cc(Cl)cc1N1CCCC1. The summed E-state index contributed by atoms with van der Waals surface area (Å²) >= 11 is 12.4. The van der Waals surface area contributed by atoms with Gasteiger partial charge in [0.05, 0.1) is 17.7 Å². The van der Waals surface area contributed by atoms with Crippen LogP contribution in [0.1, 0.15) is 37.6 Å². The predicted molar refractivity (Wildman–Crippen MR) is 78.3 cm³/mol. The van der Waals surface area contributed by atoms with Crippen molar-refractivity contribution in [1.82, 2.24) is 0 Å². The highest BCUT2D eigenvalue weighted by molar-refractivity contribution is 6.31. The van der Waals surface area contributed by atoms with E-state index >= 15 is 0 Å². The first kappa shape index (κ1) is 13.8. The van der Waals surface area contributed by atoms with E-state index in [9.17, 15) is 0 Å². The van der Waals surface area contributed by atoms with Crippen molar-refractivity contribution in [3.63, 3.8) is 0 Å². The van der Waals surface area contributed by atoms with Crippen molar-refractivity contribution in [3.05, 3.63) is 22.7 Å². The molecule has 1 aliphatic heterocycles. The summed E-state index contributed by atoms with van der Waals surface area (Å²) < 4.78 is 5.81. The third kappa shape index (κ3) is 2.86. The topological polar surface area (TPSA) is 12.5 Å². The molecule has 18 heavy (non-hydrogen) atoms. The number of ether oxygens (including phenoxy) is 1. The number of benzene rings is 1. The maximum Gasteiger partial charge on any atom is 0.147 e. The zero-order valence-electron chi connectivity index (χ0n) is 10.9. The van der Waals surface area contributed by atoms with Crippen molar-refractivity contribution in [1.29, 1.82) is 0 Å². The maximum atomic E-state index is 6.24. The fourth-order valence-electron chi connectivity index (χ4n) is 2.39. The smallest absolute Gasteiger partial charge is 0.147 e. The van der Waals surface area contributed by atoms with Crippen LogP contribution in [0.5, 0.6) is 5.75 Å². The average molecular weight is 288 g/mol. The van der Waals surface area contributed by atoms with E-state index in [1.807, 2.05) is 26.0 Å². The summed E-state index contributed by atoms with van der Waals surface area (Å²) in [6.07, 6.45) is 2.45. The van der Waals surface area contributed by atoms with E-state index in [1.165, 1.54) is 12.8 Å². The second-order valence-corrected chi connectivity index (χ2v) is 5.68. The van der Waals surface area contributed by atoms with Gasteiger partial charge >= 0.3 is 0 Å². The Morgan fingerprint density at radius 2 is 2.00 bits per heavy atom. The summed E-state index contributed by atoms with van der Waals surface area (Å²) in [5, 5.41) is 0.620. The Labute approximate surface area is 119 Å². The minimum Gasteiger partial charge on any atom is -0.491 e. The molecule has 1 atom stereocenters. The predicted octanol–water partition coefficient (Wildman–Crippen LogP) is 4.64. The lowest BCUT2D eigenvalue weighted by atomic mass is 10.1. The van der Waals surface area contributed by atoms with Gasteiger partial charge in [0.25, 0.3) is 0 Å². The summed E-state index contributed by atoms with van der Waals surface area (Å²) in [6, 6.07) is 3.89. The highest BCUT2D eigenvalue weighted by atomic mass is 35.5. The summed E-state index contributed by atoms with van der Waals surface area (Å²) in [5.41, 5.74) is 2.07. The van der Waals surface area contributed by atoms with Gasteiger partial charge in [-0.25, -0.2) is 0 Å². The molecule has 1 unspecified atom stereocenters. The molecule has 2 nitrogen and oxygen atoms in total. The number of hydrogen-bond donors (Lipinski definition) is 0. The minimum atomic E-state index is -0.105. The fourth-order valence-corrected chi connectivity index (χ4v) is 2.77. The molecular formula is C14H19Cl2NO. The molecular weight excluding hydrogens is 269 g/mol. The normalized spacial score (nSPS) is 17.0. The third-order valence-corrected chi connectivity index (χ3v) is 3.68. The van der Waals surface area contributed by atoms with Crippen molar-refractivity contribution >= 4 is 28.9 Å². The molecule has 1 aliphatic rings. The van der Waals surface area contributed by atoms with E-state index in [1.54, 1.807) is 0 Å². The number of nitrogens with zero attached hydrogens (tertiary/aromatic N) is 1. The molecule has 100 valence electrons. The van der Waals surface area contributed by atoms with Crippen LogP contribution in [0.2, 0.25) is 5.02 Å². The molecule has 0 radical (unpaired) electrons. The van der Waals surface area contributed by atoms with Crippen LogP contribution < -0.4 is 9.64 Å². The summed E-state index contributed by atoms with van der Waals surface area (Å²) in [4.78, 5) is 2.33. The minimum absolute atomic E-state index is 0.105. The van der Waals surface area contributed by atoms with Crippen LogP contribution in [-0.4, -0.2) is 19.7 Å². The molecule has 1 aromatic carbocycles. The van der Waals surface area contributed by atoms with Gasteiger partial charge in [0, 0.05) is 23.7 Å². The highest BCUT2D eigenvalue weighted by Gasteiger charge is 2.21. The van der Waals surface area contributed by atoms with Gasteiger partial charge in [-0.3, -0.25) is 0 Å². The summed E-state index contributed by atoms with van der Waals surface area (Å²) in [6.45, 7) is 6.71. The van der Waals surface area contributed by atoms with Gasteiger partial charge in [-0.05, 0) is 38.8 Å². The first-order valence-corrected chi connectivity index (χ1v) is 7.30. The van der Waals surface area contributed by atoms with E-state index in [4.69, 9.17) is 27.9 Å². The van der Waals surface area contributed by atoms with Crippen molar-refractivity contribution in [2.45, 2.75) is 32.1 Å². The summed E-state index contributed by atoms with van der Waals surface area (Å²) in [5.74, 6) is 0.895. The Morgan fingerprint density at radius 3 is 2.56 bits per heavy atom. The molecule has 0 spiro atoms. The molecule has 4 heteroatoms.